The van der Waals surface area contributed by atoms with Gasteiger partial charge in [-0.05, 0) is 18.9 Å². The topological polar surface area (TPSA) is 94.3 Å². The minimum absolute atomic E-state index is 0.0665. The van der Waals surface area contributed by atoms with Gasteiger partial charge in [0.25, 0.3) is 0 Å². The number of sulfonamides is 1. The highest BCUT2D eigenvalue weighted by atomic mass is 32.2. The lowest BCUT2D eigenvalue weighted by Crippen LogP contribution is -2.38. The molecule has 17 heavy (non-hydrogen) atoms. The van der Waals surface area contributed by atoms with Gasteiger partial charge in [-0.2, -0.15) is 0 Å². The first-order chi connectivity index (χ1) is 8.08. The Kier molecular flexibility index (Phi) is 3.60. The second-order valence-corrected chi connectivity index (χ2v) is 5.64. The molecule has 0 spiro atoms. The molecule has 94 valence electrons. The van der Waals surface area contributed by atoms with Gasteiger partial charge in [-0.25, -0.2) is 18.1 Å². The lowest BCUT2D eigenvalue weighted by Gasteiger charge is -2.22. The smallest absolute Gasteiger partial charge is 0.241 e. The highest BCUT2D eigenvalue weighted by Gasteiger charge is 2.22. The summed E-state index contributed by atoms with van der Waals surface area (Å²) in [6, 6.07) is 2.71. The van der Waals surface area contributed by atoms with E-state index in [1.165, 1.54) is 18.3 Å². The fourth-order valence-corrected chi connectivity index (χ4v) is 3.02. The lowest BCUT2D eigenvalue weighted by atomic mass is 10.1. The van der Waals surface area contributed by atoms with E-state index in [0.717, 1.165) is 0 Å². The maximum Gasteiger partial charge on any atom is 0.241 e. The van der Waals surface area contributed by atoms with Gasteiger partial charge in [-0.15, -0.1) is 0 Å². The first-order valence-electron chi connectivity index (χ1n) is 5.39. The Labute approximate surface area is 100 Å². The minimum Gasteiger partial charge on any atom is -0.384 e. The molecule has 0 aromatic carbocycles. The average molecular weight is 257 g/mol. The summed E-state index contributed by atoms with van der Waals surface area (Å²) in [7, 11) is -3.51. The third-order valence-electron chi connectivity index (χ3n) is 2.61. The molecule has 3 N–H and O–H groups in total. The maximum absolute atomic E-state index is 12.0. The minimum atomic E-state index is -3.51. The Balaban J connectivity index is 2.13. The number of nitrogens with zero attached hydrogens (tertiary/aromatic N) is 1. The van der Waals surface area contributed by atoms with Crippen LogP contribution in [-0.4, -0.2) is 32.7 Å². The van der Waals surface area contributed by atoms with Crippen LogP contribution in [0.2, 0.25) is 0 Å². The summed E-state index contributed by atoms with van der Waals surface area (Å²) in [5.74, 6) is 0.194. The zero-order chi connectivity index (χ0) is 12.3. The van der Waals surface area contributed by atoms with Gasteiger partial charge in [0, 0.05) is 31.5 Å². The van der Waals surface area contributed by atoms with E-state index in [0.29, 0.717) is 26.1 Å². The largest absolute Gasteiger partial charge is 0.384 e. The SMILES string of the molecule is Nc1cc(S(=O)(=O)NC2CCOCC2)ccn1. The van der Waals surface area contributed by atoms with Crippen molar-refractivity contribution >= 4 is 15.8 Å². The zero-order valence-electron chi connectivity index (χ0n) is 9.30. The van der Waals surface area contributed by atoms with E-state index in [2.05, 4.69) is 9.71 Å². The van der Waals surface area contributed by atoms with E-state index in [-0.39, 0.29) is 16.8 Å². The number of rotatable bonds is 3. The van der Waals surface area contributed by atoms with E-state index in [1.807, 2.05) is 0 Å². The van der Waals surface area contributed by atoms with Gasteiger partial charge in [0.1, 0.15) is 5.82 Å². The predicted molar refractivity (Wildman–Crippen MR) is 62.8 cm³/mol. The van der Waals surface area contributed by atoms with Crippen molar-refractivity contribution in [3.63, 3.8) is 0 Å². The second kappa shape index (κ2) is 4.99. The molecule has 1 aliphatic heterocycles. The molecule has 1 aliphatic rings. The highest BCUT2D eigenvalue weighted by molar-refractivity contribution is 7.89. The van der Waals surface area contributed by atoms with Crippen LogP contribution in [0.3, 0.4) is 0 Å². The second-order valence-electron chi connectivity index (χ2n) is 3.92. The Hall–Kier alpha value is -1.18. The van der Waals surface area contributed by atoms with Gasteiger partial charge in [0.2, 0.25) is 10.0 Å². The van der Waals surface area contributed by atoms with E-state index in [1.54, 1.807) is 0 Å². The molecule has 7 heteroatoms. The predicted octanol–water partition coefficient (Wildman–Crippen LogP) is 0.121. The number of nitrogens with one attached hydrogen (secondary N) is 1. The summed E-state index contributed by atoms with van der Waals surface area (Å²) in [6.45, 7) is 1.18. The Morgan fingerprint density at radius 3 is 2.76 bits per heavy atom. The summed E-state index contributed by atoms with van der Waals surface area (Å²) in [6.07, 6.45) is 2.77. The molecule has 1 fully saturated rings. The third-order valence-corrected chi connectivity index (χ3v) is 4.12. The van der Waals surface area contributed by atoms with Crippen LogP contribution in [0.1, 0.15) is 12.8 Å². The van der Waals surface area contributed by atoms with E-state index in [9.17, 15) is 8.42 Å². The number of hydrogen-bond donors (Lipinski definition) is 2. The van der Waals surface area contributed by atoms with Crippen LogP contribution in [-0.2, 0) is 14.8 Å². The average Bonchev–Trinajstić information content (AvgIpc) is 2.30. The molecule has 2 heterocycles. The van der Waals surface area contributed by atoms with E-state index >= 15 is 0 Å². The number of anilines is 1. The fourth-order valence-electron chi connectivity index (χ4n) is 1.70. The van der Waals surface area contributed by atoms with Crippen molar-refractivity contribution in [1.82, 2.24) is 9.71 Å². The molecule has 1 saturated heterocycles. The molecule has 0 amide bonds. The fraction of sp³-hybridized carbons (Fsp3) is 0.500. The van der Waals surface area contributed by atoms with Gasteiger partial charge >= 0.3 is 0 Å². The van der Waals surface area contributed by atoms with Crippen molar-refractivity contribution in [3.05, 3.63) is 18.3 Å². The van der Waals surface area contributed by atoms with E-state index < -0.39 is 10.0 Å². The number of nitrogens with two attached hydrogens (primary N) is 1. The summed E-state index contributed by atoms with van der Waals surface area (Å²) in [4.78, 5) is 3.92. The summed E-state index contributed by atoms with van der Waals surface area (Å²) < 4.78 is 31.9. The van der Waals surface area contributed by atoms with Gasteiger partial charge < -0.3 is 10.5 Å². The zero-order valence-corrected chi connectivity index (χ0v) is 10.1. The van der Waals surface area contributed by atoms with Crippen molar-refractivity contribution in [2.75, 3.05) is 18.9 Å². The normalized spacial score (nSPS) is 18.1. The van der Waals surface area contributed by atoms with Crippen molar-refractivity contribution in [2.45, 2.75) is 23.8 Å². The lowest BCUT2D eigenvalue weighted by molar-refractivity contribution is 0.0832. The maximum atomic E-state index is 12.0. The first-order valence-corrected chi connectivity index (χ1v) is 6.88. The van der Waals surface area contributed by atoms with Gasteiger partial charge in [-0.1, -0.05) is 0 Å². The standard InChI is InChI=1S/C10H15N3O3S/c11-10-7-9(1-4-12-10)17(14,15)13-8-2-5-16-6-3-8/h1,4,7-8,13H,2-3,5-6H2,(H2,11,12). The molecule has 0 aliphatic carbocycles. The van der Waals surface area contributed by atoms with Crippen LogP contribution in [0.25, 0.3) is 0 Å². The van der Waals surface area contributed by atoms with E-state index in [4.69, 9.17) is 10.5 Å². The number of ether oxygens (including phenoxy) is 1. The van der Waals surface area contributed by atoms with Crippen molar-refractivity contribution in [3.8, 4) is 0 Å². The summed E-state index contributed by atoms with van der Waals surface area (Å²) in [5.41, 5.74) is 5.47. The first kappa shape index (κ1) is 12.3. The van der Waals surface area contributed by atoms with Crippen LogP contribution in [0.15, 0.2) is 23.2 Å². The van der Waals surface area contributed by atoms with Crippen molar-refractivity contribution in [1.29, 1.82) is 0 Å². The Bertz CT molecular complexity index is 483. The van der Waals surface area contributed by atoms with Crippen LogP contribution in [0, 0.1) is 0 Å². The molecule has 0 atom stereocenters. The van der Waals surface area contributed by atoms with Gasteiger partial charge in [-0.3, -0.25) is 0 Å². The Morgan fingerprint density at radius 1 is 1.41 bits per heavy atom. The van der Waals surface area contributed by atoms with Crippen molar-refractivity contribution in [2.24, 2.45) is 0 Å². The molecular formula is C10H15N3O3S. The van der Waals surface area contributed by atoms with Crippen molar-refractivity contribution < 1.29 is 13.2 Å². The quantitative estimate of drug-likeness (QED) is 0.802. The highest BCUT2D eigenvalue weighted by Crippen LogP contribution is 2.14. The van der Waals surface area contributed by atoms with Crippen LogP contribution >= 0.6 is 0 Å². The van der Waals surface area contributed by atoms with Crippen LogP contribution in [0.5, 0.6) is 0 Å². The molecule has 1 aromatic heterocycles. The number of aromatic nitrogens is 1. The number of nitrogen functional groups attached to an aromatic ring is 1. The molecule has 0 saturated carbocycles. The molecule has 0 unspecified atom stereocenters. The monoisotopic (exact) mass is 257 g/mol. The molecule has 1 aromatic rings. The third kappa shape index (κ3) is 3.15. The van der Waals surface area contributed by atoms with Crippen LogP contribution < -0.4 is 10.5 Å². The summed E-state index contributed by atoms with van der Waals surface area (Å²) in [5, 5.41) is 0. The molecule has 6 nitrogen and oxygen atoms in total. The summed E-state index contributed by atoms with van der Waals surface area (Å²) >= 11 is 0. The molecule has 0 radical (unpaired) electrons. The van der Waals surface area contributed by atoms with Gasteiger partial charge in [0.15, 0.2) is 0 Å². The van der Waals surface area contributed by atoms with Gasteiger partial charge in [0.05, 0.1) is 4.90 Å². The number of hydrogen-bond acceptors (Lipinski definition) is 5. The molecule has 0 bridgehead atoms. The molecular weight excluding hydrogens is 242 g/mol. The number of pyridine rings is 1. The Morgan fingerprint density at radius 2 is 2.12 bits per heavy atom. The van der Waals surface area contributed by atoms with Crippen LogP contribution in [0.4, 0.5) is 5.82 Å². The molecule has 2 rings (SSSR count).